The normalized spacial score (nSPS) is 15.1. The standard InChI is InChI=1S/C30H35FN6O/c1-4-10-26-32-28(27-21(3)34-37(29(27)33-26)24-15-13-23(31)14-16-24)35-17-9-18-36(20-19-35)30(38)25(5-2)22-11-7-6-8-12-22/h6-8,11-16,25H,4-5,9-10,17-20H2,1-3H3. The zero-order chi connectivity index (χ0) is 26.6. The van der Waals surface area contributed by atoms with E-state index in [1.165, 1.54) is 12.1 Å². The number of carbonyl (C=O) groups excluding carboxylic acids is 1. The maximum Gasteiger partial charge on any atom is 0.230 e. The van der Waals surface area contributed by atoms with E-state index >= 15 is 0 Å². The quantitative estimate of drug-likeness (QED) is 0.328. The Morgan fingerprint density at radius 3 is 2.45 bits per heavy atom. The molecule has 0 bridgehead atoms. The number of aryl methyl sites for hydroxylation is 2. The number of hydrogen-bond donors (Lipinski definition) is 0. The zero-order valence-electron chi connectivity index (χ0n) is 22.4. The third-order valence-electron chi connectivity index (χ3n) is 7.29. The van der Waals surface area contributed by atoms with Crippen molar-refractivity contribution >= 4 is 22.8 Å². The lowest BCUT2D eigenvalue weighted by Crippen LogP contribution is -2.38. The minimum atomic E-state index is -0.287. The van der Waals surface area contributed by atoms with Crippen LogP contribution in [-0.2, 0) is 11.2 Å². The van der Waals surface area contributed by atoms with Gasteiger partial charge < -0.3 is 9.80 Å². The van der Waals surface area contributed by atoms with Gasteiger partial charge in [0.1, 0.15) is 17.5 Å². The van der Waals surface area contributed by atoms with Crippen LogP contribution >= 0.6 is 0 Å². The van der Waals surface area contributed by atoms with Crippen LogP contribution in [0.2, 0.25) is 0 Å². The van der Waals surface area contributed by atoms with Gasteiger partial charge in [0.15, 0.2) is 5.65 Å². The van der Waals surface area contributed by atoms with Crippen LogP contribution in [0.4, 0.5) is 10.2 Å². The Morgan fingerprint density at radius 2 is 1.74 bits per heavy atom. The van der Waals surface area contributed by atoms with Gasteiger partial charge in [0.25, 0.3) is 0 Å². The molecule has 7 nitrogen and oxygen atoms in total. The summed E-state index contributed by atoms with van der Waals surface area (Å²) in [5.74, 6) is 1.42. The lowest BCUT2D eigenvalue weighted by atomic mass is 9.95. The molecule has 38 heavy (non-hydrogen) atoms. The monoisotopic (exact) mass is 514 g/mol. The fourth-order valence-corrected chi connectivity index (χ4v) is 5.34. The first-order chi connectivity index (χ1) is 18.5. The highest BCUT2D eigenvalue weighted by Gasteiger charge is 2.28. The van der Waals surface area contributed by atoms with Crippen molar-refractivity contribution in [1.82, 2.24) is 24.6 Å². The van der Waals surface area contributed by atoms with Crippen LogP contribution in [0, 0.1) is 12.7 Å². The smallest absolute Gasteiger partial charge is 0.230 e. The Bertz CT molecular complexity index is 1400. The van der Waals surface area contributed by atoms with E-state index in [2.05, 4.69) is 18.7 Å². The predicted molar refractivity (Wildman–Crippen MR) is 148 cm³/mol. The summed E-state index contributed by atoms with van der Waals surface area (Å²) in [6.45, 7) is 9.01. The number of aromatic nitrogens is 4. The predicted octanol–water partition coefficient (Wildman–Crippen LogP) is 5.45. The molecule has 0 N–H and O–H groups in total. The summed E-state index contributed by atoms with van der Waals surface area (Å²) >= 11 is 0. The highest BCUT2D eigenvalue weighted by molar-refractivity contribution is 5.91. The average Bonchev–Trinajstić information content (AvgIpc) is 3.10. The van der Waals surface area contributed by atoms with Crippen molar-refractivity contribution in [3.05, 3.63) is 77.5 Å². The molecular formula is C30H35FN6O. The number of amides is 1. The molecule has 1 amide bonds. The molecule has 2 aromatic heterocycles. The largest absolute Gasteiger partial charge is 0.354 e. The Morgan fingerprint density at radius 1 is 0.974 bits per heavy atom. The van der Waals surface area contributed by atoms with E-state index in [0.29, 0.717) is 13.1 Å². The Labute approximate surface area is 223 Å². The summed E-state index contributed by atoms with van der Waals surface area (Å²) in [6, 6.07) is 16.4. The first kappa shape index (κ1) is 25.8. The van der Waals surface area contributed by atoms with Crippen molar-refractivity contribution in [2.24, 2.45) is 0 Å². The summed E-state index contributed by atoms with van der Waals surface area (Å²) in [4.78, 5) is 27.7. The second kappa shape index (κ2) is 11.3. The number of hydrogen-bond acceptors (Lipinski definition) is 5. The molecule has 1 aliphatic rings. The molecule has 8 heteroatoms. The van der Waals surface area contributed by atoms with Crippen molar-refractivity contribution in [3.63, 3.8) is 0 Å². The first-order valence-electron chi connectivity index (χ1n) is 13.6. The van der Waals surface area contributed by atoms with Crippen LogP contribution in [0.3, 0.4) is 0 Å². The number of halogens is 1. The van der Waals surface area contributed by atoms with E-state index in [1.807, 2.05) is 42.2 Å². The maximum atomic E-state index is 13.6. The molecule has 4 aromatic rings. The van der Waals surface area contributed by atoms with Gasteiger partial charge in [0.2, 0.25) is 5.91 Å². The summed E-state index contributed by atoms with van der Waals surface area (Å²) in [5.41, 5.74) is 3.40. The summed E-state index contributed by atoms with van der Waals surface area (Å²) < 4.78 is 15.4. The van der Waals surface area contributed by atoms with E-state index in [-0.39, 0.29) is 17.6 Å². The number of carbonyl (C=O) groups is 1. The molecule has 198 valence electrons. The lowest BCUT2D eigenvalue weighted by molar-refractivity contribution is -0.132. The fourth-order valence-electron chi connectivity index (χ4n) is 5.34. The molecule has 1 atom stereocenters. The highest BCUT2D eigenvalue weighted by Crippen LogP contribution is 2.31. The number of rotatable bonds is 7. The first-order valence-corrected chi connectivity index (χ1v) is 13.6. The molecule has 0 aliphatic carbocycles. The van der Waals surface area contributed by atoms with E-state index in [0.717, 1.165) is 78.4 Å². The van der Waals surface area contributed by atoms with Gasteiger partial charge in [-0.25, -0.2) is 19.0 Å². The van der Waals surface area contributed by atoms with E-state index in [4.69, 9.17) is 15.1 Å². The highest BCUT2D eigenvalue weighted by atomic mass is 19.1. The minimum Gasteiger partial charge on any atom is -0.354 e. The SMILES string of the molecule is CCCc1nc(N2CCCN(C(=O)C(CC)c3ccccc3)CC2)c2c(C)nn(-c3ccc(F)cc3)c2n1. The van der Waals surface area contributed by atoms with E-state index in [1.54, 1.807) is 16.8 Å². The van der Waals surface area contributed by atoms with Crippen molar-refractivity contribution < 1.29 is 9.18 Å². The van der Waals surface area contributed by atoms with Gasteiger partial charge in [-0.1, -0.05) is 44.2 Å². The summed E-state index contributed by atoms with van der Waals surface area (Å²) in [5, 5.41) is 5.69. The zero-order valence-corrected chi connectivity index (χ0v) is 22.4. The van der Waals surface area contributed by atoms with Crippen LogP contribution in [-0.4, -0.2) is 56.7 Å². The van der Waals surface area contributed by atoms with Crippen LogP contribution < -0.4 is 4.90 Å². The number of nitrogens with zero attached hydrogens (tertiary/aromatic N) is 6. The molecule has 5 rings (SSSR count). The molecule has 0 radical (unpaired) electrons. The number of fused-ring (bicyclic) bond motifs is 1. The van der Waals surface area contributed by atoms with Crippen LogP contribution in [0.25, 0.3) is 16.7 Å². The fraction of sp³-hybridized carbons (Fsp3) is 0.400. The van der Waals surface area contributed by atoms with E-state index < -0.39 is 0 Å². The Balaban J connectivity index is 1.46. The van der Waals surface area contributed by atoms with Crippen molar-refractivity contribution in [3.8, 4) is 5.69 Å². The van der Waals surface area contributed by atoms with Crippen molar-refractivity contribution in [2.45, 2.75) is 52.4 Å². The molecular weight excluding hydrogens is 479 g/mol. The van der Waals surface area contributed by atoms with E-state index in [9.17, 15) is 9.18 Å². The number of anilines is 1. The van der Waals surface area contributed by atoms with Gasteiger partial charge in [-0.2, -0.15) is 5.10 Å². The molecule has 1 aliphatic heterocycles. The molecule has 0 spiro atoms. The Hall–Kier alpha value is -3.81. The van der Waals surface area contributed by atoms with Gasteiger partial charge in [0, 0.05) is 32.6 Å². The van der Waals surface area contributed by atoms with Gasteiger partial charge in [-0.3, -0.25) is 4.79 Å². The molecule has 2 aromatic carbocycles. The molecule has 3 heterocycles. The van der Waals surface area contributed by atoms with Gasteiger partial charge >= 0.3 is 0 Å². The topological polar surface area (TPSA) is 67.2 Å². The molecule has 1 unspecified atom stereocenters. The number of benzene rings is 2. The summed E-state index contributed by atoms with van der Waals surface area (Å²) in [6.07, 6.45) is 3.31. The maximum absolute atomic E-state index is 13.6. The minimum absolute atomic E-state index is 0.124. The van der Waals surface area contributed by atoms with Crippen molar-refractivity contribution in [2.75, 3.05) is 31.1 Å². The Kier molecular flexibility index (Phi) is 7.67. The van der Waals surface area contributed by atoms with Gasteiger partial charge in [-0.15, -0.1) is 0 Å². The lowest BCUT2D eigenvalue weighted by Gasteiger charge is -2.26. The second-order valence-electron chi connectivity index (χ2n) is 9.92. The van der Waals surface area contributed by atoms with Gasteiger partial charge in [0.05, 0.1) is 22.7 Å². The van der Waals surface area contributed by atoms with Gasteiger partial charge in [-0.05, 0) is 56.0 Å². The molecule has 1 saturated heterocycles. The third kappa shape index (κ3) is 5.12. The molecule has 0 saturated carbocycles. The van der Waals surface area contributed by atoms with Crippen LogP contribution in [0.15, 0.2) is 54.6 Å². The second-order valence-corrected chi connectivity index (χ2v) is 9.92. The summed E-state index contributed by atoms with van der Waals surface area (Å²) in [7, 11) is 0. The van der Waals surface area contributed by atoms with Crippen LogP contribution in [0.5, 0.6) is 0 Å². The average molecular weight is 515 g/mol. The third-order valence-corrected chi connectivity index (χ3v) is 7.29. The molecule has 1 fully saturated rings. The van der Waals surface area contributed by atoms with Crippen LogP contribution in [0.1, 0.15) is 56.1 Å². The van der Waals surface area contributed by atoms with Crippen molar-refractivity contribution in [1.29, 1.82) is 0 Å².